The van der Waals surface area contributed by atoms with Crippen molar-refractivity contribution in [3.63, 3.8) is 0 Å². The van der Waals surface area contributed by atoms with Crippen LogP contribution in [0.3, 0.4) is 0 Å². The molecule has 5 nitrogen and oxygen atoms in total. The Hall–Kier alpha value is -0.210. The van der Waals surface area contributed by atoms with Crippen molar-refractivity contribution in [3.05, 3.63) is 21.9 Å². The molecular weight excluding hydrogens is 344 g/mol. The maximum absolute atomic E-state index is 12.3. The molecule has 0 aliphatic carbocycles. The Balaban J connectivity index is 2.33. The van der Waals surface area contributed by atoms with E-state index < -0.39 is 15.6 Å². The van der Waals surface area contributed by atoms with E-state index in [-0.39, 0.29) is 10.0 Å². The molecule has 1 saturated heterocycles. The summed E-state index contributed by atoms with van der Waals surface area (Å²) in [5.41, 5.74) is -0.593. The summed E-state index contributed by atoms with van der Waals surface area (Å²) < 4.78 is 32.9. The first-order valence-corrected chi connectivity index (χ1v) is 7.91. The fourth-order valence-electron chi connectivity index (χ4n) is 1.72. The van der Waals surface area contributed by atoms with Crippen LogP contribution in [0, 0.1) is 0 Å². The number of hydrogen-bond donors (Lipinski definition) is 1. The molecular formula is C10H12BrClN2O3S. The summed E-state index contributed by atoms with van der Waals surface area (Å²) in [7, 11) is -3.71. The largest absolute Gasteiger partial charge is 0.379 e. The van der Waals surface area contributed by atoms with E-state index in [0.717, 1.165) is 0 Å². The van der Waals surface area contributed by atoms with E-state index in [1.807, 2.05) is 0 Å². The number of pyridine rings is 1. The average molecular weight is 356 g/mol. The number of hydrogen-bond acceptors (Lipinski definition) is 4. The van der Waals surface area contributed by atoms with Crippen LogP contribution in [0.4, 0.5) is 0 Å². The van der Waals surface area contributed by atoms with E-state index in [2.05, 4.69) is 25.6 Å². The third-order valence-electron chi connectivity index (χ3n) is 2.66. The lowest BCUT2D eigenvalue weighted by atomic mass is 10.0. The zero-order valence-electron chi connectivity index (χ0n) is 9.61. The van der Waals surface area contributed by atoms with Gasteiger partial charge in [-0.2, -0.15) is 0 Å². The minimum Gasteiger partial charge on any atom is -0.379 e. The van der Waals surface area contributed by atoms with E-state index in [1.165, 1.54) is 12.3 Å². The van der Waals surface area contributed by atoms with Crippen molar-refractivity contribution in [1.82, 2.24) is 9.71 Å². The highest BCUT2D eigenvalue weighted by atomic mass is 79.9. The third kappa shape index (κ3) is 3.03. The second-order valence-corrected chi connectivity index (χ2v) is 7.34. The molecule has 1 N–H and O–H groups in total. The van der Waals surface area contributed by atoms with Crippen molar-refractivity contribution in [2.24, 2.45) is 0 Å². The van der Waals surface area contributed by atoms with Gasteiger partial charge in [0.05, 0.1) is 12.1 Å². The predicted octanol–water partition coefficient (Wildman–Crippen LogP) is 1.95. The molecule has 1 aromatic rings. The molecule has 100 valence electrons. The van der Waals surface area contributed by atoms with Gasteiger partial charge in [-0.15, -0.1) is 0 Å². The maximum atomic E-state index is 12.3. The standard InChI is InChI=1S/C10H12BrClN2O3S/c1-10(2-3-17-6-10)14-18(15,16)8-4-7(11)5-13-9(8)12/h4-5,14H,2-3,6H2,1H3. The van der Waals surface area contributed by atoms with Gasteiger partial charge in [0.25, 0.3) is 0 Å². The van der Waals surface area contributed by atoms with Gasteiger partial charge < -0.3 is 4.74 Å². The van der Waals surface area contributed by atoms with Crippen molar-refractivity contribution >= 4 is 37.6 Å². The molecule has 0 spiro atoms. The maximum Gasteiger partial charge on any atom is 0.244 e. The van der Waals surface area contributed by atoms with Crippen molar-refractivity contribution in [2.45, 2.75) is 23.8 Å². The lowest BCUT2D eigenvalue weighted by Gasteiger charge is -2.23. The van der Waals surface area contributed by atoms with Gasteiger partial charge in [-0.3, -0.25) is 0 Å². The van der Waals surface area contributed by atoms with Crippen LogP contribution in [0.15, 0.2) is 21.6 Å². The van der Waals surface area contributed by atoms with Gasteiger partial charge in [0, 0.05) is 17.3 Å². The second kappa shape index (κ2) is 5.05. The lowest BCUT2D eigenvalue weighted by Crippen LogP contribution is -2.46. The zero-order chi connectivity index (χ0) is 13.4. The van der Waals surface area contributed by atoms with Crippen LogP contribution < -0.4 is 4.72 Å². The normalized spacial score (nSPS) is 24.4. The first kappa shape index (κ1) is 14.2. The molecule has 1 aromatic heterocycles. The Morgan fingerprint density at radius 3 is 2.94 bits per heavy atom. The summed E-state index contributed by atoms with van der Waals surface area (Å²) in [6.45, 7) is 2.70. The molecule has 0 bridgehead atoms. The SMILES string of the molecule is CC1(NS(=O)(=O)c2cc(Br)cnc2Cl)CCOC1. The van der Waals surface area contributed by atoms with Gasteiger partial charge in [0.2, 0.25) is 10.0 Å². The van der Waals surface area contributed by atoms with Crippen LogP contribution in [-0.2, 0) is 14.8 Å². The molecule has 1 aliphatic heterocycles. The van der Waals surface area contributed by atoms with Gasteiger partial charge in [-0.05, 0) is 35.3 Å². The number of halogens is 2. The quantitative estimate of drug-likeness (QED) is 0.842. The number of rotatable bonds is 3. The molecule has 2 heterocycles. The highest BCUT2D eigenvalue weighted by Crippen LogP contribution is 2.26. The van der Waals surface area contributed by atoms with E-state index in [1.54, 1.807) is 6.92 Å². The molecule has 8 heteroatoms. The van der Waals surface area contributed by atoms with Gasteiger partial charge in [0.1, 0.15) is 10.0 Å². The number of nitrogens with one attached hydrogen (secondary N) is 1. The van der Waals surface area contributed by atoms with Gasteiger partial charge in [-0.25, -0.2) is 18.1 Å². The Labute approximate surface area is 119 Å². The van der Waals surface area contributed by atoms with Crippen molar-refractivity contribution in [3.8, 4) is 0 Å². The van der Waals surface area contributed by atoms with Crippen LogP contribution in [0.5, 0.6) is 0 Å². The summed E-state index contributed by atoms with van der Waals surface area (Å²) in [5, 5.41) is -0.0479. The molecule has 1 fully saturated rings. The molecule has 0 aromatic carbocycles. The molecule has 1 aliphatic rings. The average Bonchev–Trinajstić information content (AvgIpc) is 2.67. The van der Waals surface area contributed by atoms with Crippen molar-refractivity contribution in [1.29, 1.82) is 0 Å². The first-order chi connectivity index (χ1) is 8.32. The monoisotopic (exact) mass is 354 g/mol. The van der Waals surface area contributed by atoms with Gasteiger partial charge >= 0.3 is 0 Å². The summed E-state index contributed by atoms with van der Waals surface area (Å²) in [5.74, 6) is 0. The zero-order valence-corrected chi connectivity index (χ0v) is 12.8. The Kier molecular flexibility index (Phi) is 3.99. The fourth-order valence-corrected chi connectivity index (χ4v) is 4.09. The van der Waals surface area contributed by atoms with Crippen LogP contribution >= 0.6 is 27.5 Å². The molecule has 1 atom stereocenters. The fraction of sp³-hybridized carbons (Fsp3) is 0.500. The highest BCUT2D eigenvalue weighted by molar-refractivity contribution is 9.10. The second-order valence-electron chi connectivity index (χ2n) is 4.41. The van der Waals surface area contributed by atoms with Crippen molar-refractivity contribution < 1.29 is 13.2 Å². The number of ether oxygens (including phenoxy) is 1. The number of sulfonamides is 1. The topological polar surface area (TPSA) is 68.3 Å². The Morgan fingerprint density at radius 2 is 2.33 bits per heavy atom. The Bertz CT molecular complexity index is 558. The van der Waals surface area contributed by atoms with Gasteiger partial charge in [-0.1, -0.05) is 11.6 Å². The summed E-state index contributed by atoms with van der Waals surface area (Å²) >= 11 is 9.01. The van der Waals surface area contributed by atoms with E-state index >= 15 is 0 Å². The highest BCUT2D eigenvalue weighted by Gasteiger charge is 2.35. The minimum absolute atomic E-state index is 0.0355. The molecule has 1 unspecified atom stereocenters. The van der Waals surface area contributed by atoms with Crippen LogP contribution in [-0.4, -0.2) is 32.2 Å². The van der Waals surface area contributed by atoms with Crippen molar-refractivity contribution in [2.75, 3.05) is 13.2 Å². The third-order valence-corrected chi connectivity index (χ3v) is 5.16. The molecule has 0 saturated carbocycles. The minimum atomic E-state index is -3.71. The van der Waals surface area contributed by atoms with Crippen LogP contribution in [0.2, 0.25) is 5.15 Å². The lowest BCUT2D eigenvalue weighted by molar-refractivity contribution is 0.178. The molecule has 0 radical (unpaired) electrons. The molecule has 0 amide bonds. The van der Waals surface area contributed by atoms with E-state index in [4.69, 9.17) is 16.3 Å². The van der Waals surface area contributed by atoms with Crippen LogP contribution in [0.1, 0.15) is 13.3 Å². The van der Waals surface area contributed by atoms with E-state index in [9.17, 15) is 8.42 Å². The smallest absolute Gasteiger partial charge is 0.244 e. The molecule has 18 heavy (non-hydrogen) atoms. The van der Waals surface area contributed by atoms with Crippen LogP contribution in [0.25, 0.3) is 0 Å². The molecule has 2 rings (SSSR count). The summed E-state index contributed by atoms with van der Waals surface area (Å²) in [6, 6.07) is 1.43. The predicted molar refractivity (Wildman–Crippen MR) is 71.1 cm³/mol. The number of aromatic nitrogens is 1. The summed E-state index contributed by atoms with van der Waals surface area (Å²) in [6.07, 6.45) is 2.08. The van der Waals surface area contributed by atoms with Gasteiger partial charge in [0.15, 0.2) is 0 Å². The first-order valence-electron chi connectivity index (χ1n) is 5.25. The number of nitrogens with zero attached hydrogens (tertiary/aromatic N) is 1. The van der Waals surface area contributed by atoms with E-state index in [0.29, 0.717) is 24.1 Å². The summed E-state index contributed by atoms with van der Waals surface area (Å²) in [4.78, 5) is 3.77. The Morgan fingerprint density at radius 1 is 1.61 bits per heavy atom.